The Morgan fingerprint density at radius 1 is 1.17 bits per heavy atom. The highest BCUT2D eigenvalue weighted by molar-refractivity contribution is 5.55. The number of nitrogens with zero attached hydrogens (tertiary/aromatic N) is 4. The molecule has 1 fully saturated rings. The lowest BCUT2D eigenvalue weighted by Gasteiger charge is -2.41. The number of fused-ring (bicyclic) bond motifs is 2. The minimum atomic E-state index is -0.271. The molecule has 0 saturated carbocycles. The Labute approximate surface area is 166 Å². The number of anilines is 2. The van der Waals surface area contributed by atoms with E-state index in [2.05, 4.69) is 24.8 Å². The molecule has 4 N–H and O–H groups in total. The molecule has 1 atom stereocenters. The van der Waals surface area contributed by atoms with Crippen molar-refractivity contribution in [1.29, 1.82) is 0 Å². The van der Waals surface area contributed by atoms with Crippen molar-refractivity contribution < 1.29 is 0 Å². The van der Waals surface area contributed by atoms with Gasteiger partial charge in [-0.15, -0.1) is 0 Å². The first-order chi connectivity index (χ1) is 14.0. The van der Waals surface area contributed by atoms with Gasteiger partial charge in [0, 0.05) is 48.1 Å². The fourth-order valence-electron chi connectivity index (χ4n) is 4.64. The van der Waals surface area contributed by atoms with E-state index in [1.807, 2.05) is 12.1 Å². The van der Waals surface area contributed by atoms with Crippen molar-refractivity contribution in [3.63, 3.8) is 0 Å². The fourth-order valence-corrected chi connectivity index (χ4v) is 4.64. The number of hydrogen-bond acceptors (Lipinski definition) is 7. The second-order valence-electron chi connectivity index (χ2n) is 7.78. The van der Waals surface area contributed by atoms with Gasteiger partial charge in [0.05, 0.1) is 5.69 Å². The number of H-pyrrole nitrogens is 2. The average Bonchev–Trinajstić information content (AvgIpc) is 3.06. The first-order valence-electron chi connectivity index (χ1n) is 9.70. The quantitative estimate of drug-likeness (QED) is 0.593. The zero-order valence-corrected chi connectivity index (χ0v) is 15.8. The number of aromatic amines is 2. The van der Waals surface area contributed by atoms with E-state index in [4.69, 9.17) is 10.7 Å². The van der Waals surface area contributed by atoms with Gasteiger partial charge in [-0.25, -0.2) is 4.98 Å². The molecule has 29 heavy (non-hydrogen) atoms. The van der Waals surface area contributed by atoms with Crippen LogP contribution in [0.4, 0.5) is 11.8 Å². The Hall–Kier alpha value is -3.49. The molecule has 2 aliphatic rings. The van der Waals surface area contributed by atoms with Crippen molar-refractivity contribution in [2.45, 2.75) is 31.1 Å². The molecule has 0 bridgehead atoms. The van der Waals surface area contributed by atoms with Crippen LogP contribution in [0, 0.1) is 0 Å². The van der Waals surface area contributed by atoms with Crippen LogP contribution in [0.2, 0.25) is 0 Å². The smallest absolute Gasteiger partial charge is 0.254 e. The second kappa shape index (κ2) is 6.54. The number of hydrogen-bond donors (Lipinski definition) is 3. The van der Waals surface area contributed by atoms with Crippen LogP contribution in [-0.2, 0) is 11.8 Å². The number of piperidine rings is 1. The van der Waals surface area contributed by atoms with Crippen LogP contribution >= 0.6 is 0 Å². The lowest BCUT2D eigenvalue weighted by Crippen LogP contribution is -2.46. The van der Waals surface area contributed by atoms with Gasteiger partial charge in [-0.05, 0) is 37.8 Å². The van der Waals surface area contributed by atoms with E-state index in [-0.39, 0.29) is 22.5 Å². The summed E-state index contributed by atoms with van der Waals surface area (Å²) in [7, 11) is 0. The largest absolute Gasteiger partial charge is 0.369 e. The topological polar surface area (TPSA) is 134 Å². The Balaban J connectivity index is 1.57. The first kappa shape index (κ1) is 17.6. The minimum Gasteiger partial charge on any atom is -0.369 e. The molecule has 148 valence electrons. The Kier molecular flexibility index (Phi) is 3.97. The van der Waals surface area contributed by atoms with Crippen LogP contribution in [0.5, 0.6) is 0 Å². The van der Waals surface area contributed by atoms with Crippen LogP contribution < -0.4 is 21.8 Å². The van der Waals surface area contributed by atoms with Crippen LogP contribution in [0.1, 0.15) is 30.5 Å². The average molecular weight is 391 g/mol. The highest BCUT2D eigenvalue weighted by Crippen LogP contribution is 2.44. The van der Waals surface area contributed by atoms with Gasteiger partial charge in [-0.2, -0.15) is 4.98 Å². The number of nitrogens with one attached hydrogen (secondary N) is 2. The summed E-state index contributed by atoms with van der Waals surface area (Å²) in [6.45, 7) is 1.43. The molecule has 9 nitrogen and oxygen atoms in total. The third kappa shape index (κ3) is 2.98. The van der Waals surface area contributed by atoms with Gasteiger partial charge in [0.15, 0.2) is 0 Å². The monoisotopic (exact) mass is 391 g/mol. The van der Waals surface area contributed by atoms with Crippen molar-refractivity contribution in [1.82, 2.24) is 24.9 Å². The molecule has 1 unspecified atom stereocenters. The molecule has 1 aliphatic carbocycles. The zero-order chi connectivity index (χ0) is 20.0. The maximum Gasteiger partial charge on any atom is 0.254 e. The second-order valence-corrected chi connectivity index (χ2v) is 7.78. The number of nitrogens with two attached hydrogens (primary N) is 1. The van der Waals surface area contributed by atoms with Gasteiger partial charge in [-0.1, -0.05) is 0 Å². The molecule has 0 aromatic carbocycles. The molecule has 3 aromatic heterocycles. The number of pyridine rings is 1. The predicted molar refractivity (Wildman–Crippen MR) is 109 cm³/mol. The molecule has 0 amide bonds. The van der Waals surface area contributed by atoms with Gasteiger partial charge in [-0.3, -0.25) is 19.6 Å². The first-order valence-corrected chi connectivity index (χ1v) is 9.70. The van der Waals surface area contributed by atoms with Gasteiger partial charge in [0.1, 0.15) is 11.6 Å². The van der Waals surface area contributed by atoms with E-state index in [9.17, 15) is 9.59 Å². The standard InChI is InChI=1S/C20H21N7O2/c21-19-23-14(9-15(28)24-19)27-8-2-5-20(11-27)6-4-13-16(20)25-17(26-18(13)29)12-3-1-7-22-10-12/h1,3,7,9-10H,2,4-6,8,11H2,(H,25,26,29)(H3,21,23,24,28). The summed E-state index contributed by atoms with van der Waals surface area (Å²) in [5.74, 6) is 1.21. The van der Waals surface area contributed by atoms with Crippen molar-refractivity contribution in [2.75, 3.05) is 23.7 Å². The summed E-state index contributed by atoms with van der Waals surface area (Å²) in [5.41, 5.74) is 7.55. The van der Waals surface area contributed by atoms with E-state index >= 15 is 0 Å². The molecular weight excluding hydrogens is 370 g/mol. The molecular formula is C20H21N7O2. The molecule has 1 saturated heterocycles. The molecule has 1 spiro atoms. The lowest BCUT2D eigenvalue weighted by atomic mass is 9.77. The Morgan fingerprint density at radius 3 is 2.86 bits per heavy atom. The Bertz CT molecular complexity index is 1190. The van der Waals surface area contributed by atoms with Gasteiger partial charge in [0.25, 0.3) is 11.1 Å². The van der Waals surface area contributed by atoms with Gasteiger partial charge < -0.3 is 15.6 Å². The summed E-state index contributed by atoms with van der Waals surface area (Å²) in [6, 6.07) is 5.18. The third-order valence-corrected chi connectivity index (χ3v) is 5.95. The summed E-state index contributed by atoms with van der Waals surface area (Å²) >= 11 is 0. The molecule has 1 aliphatic heterocycles. The van der Waals surface area contributed by atoms with Crippen LogP contribution in [0.15, 0.2) is 40.2 Å². The van der Waals surface area contributed by atoms with E-state index in [1.54, 1.807) is 12.4 Å². The molecule has 0 radical (unpaired) electrons. The van der Waals surface area contributed by atoms with Crippen LogP contribution in [0.3, 0.4) is 0 Å². The SMILES string of the molecule is Nc1nc(N2CCCC3(CCc4c3nc(-c3cccnc3)[nH]c4=O)C2)cc(=O)[nH]1. The molecule has 5 rings (SSSR count). The van der Waals surface area contributed by atoms with Crippen LogP contribution in [-0.4, -0.2) is 38.0 Å². The summed E-state index contributed by atoms with van der Waals surface area (Å²) in [5, 5.41) is 0. The Morgan fingerprint density at radius 2 is 2.07 bits per heavy atom. The van der Waals surface area contributed by atoms with E-state index < -0.39 is 0 Å². The minimum absolute atomic E-state index is 0.0821. The highest BCUT2D eigenvalue weighted by atomic mass is 16.1. The summed E-state index contributed by atoms with van der Waals surface area (Å²) < 4.78 is 0. The predicted octanol–water partition coefficient (Wildman–Crippen LogP) is 0.982. The maximum atomic E-state index is 12.8. The lowest BCUT2D eigenvalue weighted by molar-refractivity contribution is 0.333. The van der Waals surface area contributed by atoms with E-state index in [0.29, 0.717) is 24.6 Å². The van der Waals surface area contributed by atoms with Crippen LogP contribution in [0.25, 0.3) is 11.4 Å². The normalized spacial score (nSPS) is 20.8. The van der Waals surface area contributed by atoms with Crippen molar-refractivity contribution >= 4 is 11.8 Å². The fraction of sp³-hybridized carbons (Fsp3) is 0.350. The molecule has 9 heteroatoms. The number of aromatic nitrogens is 5. The third-order valence-electron chi connectivity index (χ3n) is 5.95. The maximum absolute atomic E-state index is 12.8. The van der Waals surface area contributed by atoms with Crippen molar-refractivity contribution in [2.24, 2.45) is 0 Å². The van der Waals surface area contributed by atoms with Gasteiger partial charge >= 0.3 is 0 Å². The summed E-state index contributed by atoms with van der Waals surface area (Å²) in [6.07, 6.45) is 6.80. The number of nitrogen functional groups attached to an aromatic ring is 1. The van der Waals surface area contributed by atoms with Gasteiger partial charge in [0.2, 0.25) is 5.95 Å². The van der Waals surface area contributed by atoms with E-state index in [0.717, 1.165) is 42.6 Å². The van der Waals surface area contributed by atoms with Crippen molar-refractivity contribution in [3.05, 3.63) is 62.6 Å². The molecule has 3 aromatic rings. The number of rotatable bonds is 2. The summed E-state index contributed by atoms with van der Waals surface area (Å²) in [4.78, 5) is 45.4. The van der Waals surface area contributed by atoms with Crippen molar-refractivity contribution in [3.8, 4) is 11.4 Å². The molecule has 4 heterocycles. The zero-order valence-electron chi connectivity index (χ0n) is 15.8. The van der Waals surface area contributed by atoms with E-state index in [1.165, 1.54) is 6.07 Å². The highest BCUT2D eigenvalue weighted by Gasteiger charge is 2.45.